The average molecular weight is 161 g/mol. The summed E-state index contributed by atoms with van der Waals surface area (Å²) in [5.41, 5.74) is 0.317. The molecular weight excluding hydrogens is 156 g/mol. The molecule has 1 N–H and O–H groups in total. The highest BCUT2D eigenvalue weighted by atomic mass is 35.5. The number of rotatable bonds is 0. The number of halogens is 1. The first kappa shape index (κ1) is 5.50. The van der Waals surface area contributed by atoms with Crippen molar-refractivity contribution in [3.05, 3.63) is 23.0 Å². The number of thioether (sulfide) groups is 1. The predicted molar refractivity (Wildman–Crippen MR) is 39.4 cm³/mol. The van der Waals surface area contributed by atoms with Crippen LogP contribution in [0.1, 0.15) is 0 Å². The van der Waals surface area contributed by atoms with Gasteiger partial charge in [-0.2, -0.15) is 0 Å². The molecule has 2 rings (SSSR count). The van der Waals surface area contributed by atoms with Gasteiger partial charge < -0.3 is 10.2 Å². The highest BCUT2D eigenvalue weighted by molar-refractivity contribution is 8.02. The second-order valence-corrected chi connectivity index (χ2v) is 3.24. The van der Waals surface area contributed by atoms with E-state index in [1.54, 1.807) is 11.8 Å². The Morgan fingerprint density at radius 3 is 3.44 bits per heavy atom. The summed E-state index contributed by atoms with van der Waals surface area (Å²) in [7, 11) is 0. The van der Waals surface area contributed by atoms with Gasteiger partial charge in [-0.15, -0.1) is 0 Å². The number of fused-ring (bicyclic) bond motifs is 1. The summed E-state index contributed by atoms with van der Waals surface area (Å²) in [6.45, 7) is 0. The van der Waals surface area contributed by atoms with Crippen LogP contribution >= 0.6 is 23.4 Å². The fourth-order valence-corrected chi connectivity index (χ4v) is 1.94. The Kier molecular flexibility index (Phi) is 1.13. The Hall–Kier alpha value is -0.280. The van der Waals surface area contributed by atoms with E-state index in [-0.39, 0.29) is 0 Å². The minimum absolute atomic E-state index is 0.317. The van der Waals surface area contributed by atoms with Gasteiger partial charge in [-0.05, 0) is 5.41 Å². The van der Waals surface area contributed by atoms with Gasteiger partial charge in [0.1, 0.15) is 5.16 Å². The molecule has 2 nitrogen and oxygen atoms in total. The minimum Gasteiger partial charge on any atom is -0.346 e. The summed E-state index contributed by atoms with van der Waals surface area (Å²) in [5, 5.41) is 5.83. The number of nitrogens with zero attached hydrogens (tertiary/aromatic N) is 1. The van der Waals surface area contributed by atoms with Gasteiger partial charge in [-0.1, -0.05) is 23.4 Å². The standard InChI is InChI=1S/C5H5ClN2S/c6-4-3-8-1-2-9-5(8)7-4/h1-3,5,7H. The fraction of sp³-hybridized carbons (Fsp3) is 0.200. The SMILES string of the molecule is ClC1=CN2C=CSC2N1. The van der Waals surface area contributed by atoms with Gasteiger partial charge in [0.15, 0.2) is 5.50 Å². The molecule has 0 aromatic rings. The molecule has 1 atom stereocenters. The Morgan fingerprint density at radius 1 is 1.78 bits per heavy atom. The maximum Gasteiger partial charge on any atom is 0.156 e. The van der Waals surface area contributed by atoms with Crippen molar-refractivity contribution in [2.24, 2.45) is 0 Å². The molecule has 0 aromatic heterocycles. The van der Waals surface area contributed by atoms with E-state index < -0.39 is 0 Å². The highest BCUT2D eigenvalue weighted by Gasteiger charge is 2.23. The molecule has 0 fully saturated rings. The third-order valence-electron chi connectivity index (χ3n) is 1.24. The molecule has 0 bridgehead atoms. The Bertz CT molecular complexity index is 189. The first-order valence-corrected chi connectivity index (χ1v) is 3.92. The van der Waals surface area contributed by atoms with Crippen LogP contribution in [0, 0.1) is 0 Å². The largest absolute Gasteiger partial charge is 0.346 e. The normalized spacial score (nSPS) is 30.1. The van der Waals surface area contributed by atoms with Gasteiger partial charge in [0.2, 0.25) is 0 Å². The van der Waals surface area contributed by atoms with Crippen LogP contribution in [0.2, 0.25) is 0 Å². The minimum atomic E-state index is 0.317. The third-order valence-corrected chi connectivity index (χ3v) is 2.34. The van der Waals surface area contributed by atoms with Crippen LogP contribution in [0.15, 0.2) is 23.0 Å². The monoisotopic (exact) mass is 160 g/mol. The van der Waals surface area contributed by atoms with Crippen LogP contribution in [-0.2, 0) is 0 Å². The predicted octanol–water partition coefficient (Wildman–Crippen LogP) is 1.43. The lowest BCUT2D eigenvalue weighted by Gasteiger charge is -2.12. The Morgan fingerprint density at radius 2 is 2.67 bits per heavy atom. The van der Waals surface area contributed by atoms with E-state index >= 15 is 0 Å². The Balaban J connectivity index is 2.21. The molecule has 0 spiro atoms. The summed E-state index contributed by atoms with van der Waals surface area (Å²) in [4.78, 5) is 2.03. The first-order chi connectivity index (χ1) is 4.36. The van der Waals surface area contributed by atoms with Crippen LogP contribution < -0.4 is 5.32 Å². The molecule has 9 heavy (non-hydrogen) atoms. The van der Waals surface area contributed by atoms with Gasteiger partial charge in [0, 0.05) is 12.4 Å². The second kappa shape index (κ2) is 1.85. The lowest BCUT2D eigenvalue weighted by Crippen LogP contribution is -2.25. The van der Waals surface area contributed by atoms with Crippen molar-refractivity contribution in [1.82, 2.24) is 10.2 Å². The molecule has 2 aliphatic heterocycles. The van der Waals surface area contributed by atoms with E-state index in [1.807, 2.05) is 22.7 Å². The van der Waals surface area contributed by atoms with Crippen molar-refractivity contribution in [1.29, 1.82) is 0 Å². The van der Waals surface area contributed by atoms with Crippen molar-refractivity contribution in [2.45, 2.75) is 5.50 Å². The maximum atomic E-state index is 5.68. The van der Waals surface area contributed by atoms with Gasteiger partial charge in [0.25, 0.3) is 0 Å². The molecule has 0 saturated carbocycles. The quantitative estimate of drug-likeness (QED) is 0.540. The van der Waals surface area contributed by atoms with E-state index in [0.717, 1.165) is 5.16 Å². The van der Waals surface area contributed by atoms with Gasteiger partial charge in [0.05, 0.1) is 0 Å². The summed E-state index contributed by atoms with van der Waals surface area (Å²) in [5.74, 6) is 0. The molecule has 1 unspecified atom stereocenters. The second-order valence-electron chi connectivity index (χ2n) is 1.84. The van der Waals surface area contributed by atoms with Crippen LogP contribution in [0.3, 0.4) is 0 Å². The van der Waals surface area contributed by atoms with Gasteiger partial charge in [-0.3, -0.25) is 0 Å². The van der Waals surface area contributed by atoms with Crippen molar-refractivity contribution in [3.8, 4) is 0 Å². The molecule has 0 radical (unpaired) electrons. The summed E-state index contributed by atoms with van der Waals surface area (Å²) >= 11 is 7.39. The van der Waals surface area contributed by atoms with Crippen molar-refractivity contribution in [3.63, 3.8) is 0 Å². The summed E-state index contributed by atoms with van der Waals surface area (Å²) in [6.07, 6.45) is 3.88. The Labute approximate surface area is 62.5 Å². The molecule has 0 amide bonds. The molecule has 4 heteroatoms. The van der Waals surface area contributed by atoms with E-state index in [0.29, 0.717) is 5.50 Å². The van der Waals surface area contributed by atoms with E-state index in [9.17, 15) is 0 Å². The summed E-state index contributed by atoms with van der Waals surface area (Å²) in [6, 6.07) is 0. The van der Waals surface area contributed by atoms with Gasteiger partial charge in [-0.25, -0.2) is 0 Å². The lowest BCUT2D eigenvalue weighted by molar-refractivity contribution is 0.492. The number of hydrogen-bond donors (Lipinski definition) is 1. The average Bonchev–Trinajstić information content (AvgIpc) is 2.22. The van der Waals surface area contributed by atoms with Crippen molar-refractivity contribution >= 4 is 23.4 Å². The molecule has 0 aromatic carbocycles. The molecule has 0 aliphatic carbocycles. The topological polar surface area (TPSA) is 15.3 Å². The lowest BCUT2D eigenvalue weighted by atomic mass is 10.8. The third kappa shape index (κ3) is 0.804. The number of nitrogens with one attached hydrogen (secondary N) is 1. The number of hydrogen-bond acceptors (Lipinski definition) is 3. The molecule has 48 valence electrons. The zero-order valence-corrected chi connectivity index (χ0v) is 6.12. The van der Waals surface area contributed by atoms with Crippen LogP contribution in [0.4, 0.5) is 0 Å². The van der Waals surface area contributed by atoms with Crippen molar-refractivity contribution in [2.75, 3.05) is 0 Å². The zero-order valence-electron chi connectivity index (χ0n) is 4.54. The van der Waals surface area contributed by atoms with E-state index in [4.69, 9.17) is 11.6 Å². The summed E-state index contributed by atoms with van der Waals surface area (Å²) < 4.78 is 0. The van der Waals surface area contributed by atoms with Crippen LogP contribution in [-0.4, -0.2) is 10.4 Å². The molecule has 2 aliphatic rings. The van der Waals surface area contributed by atoms with E-state index in [1.165, 1.54) is 0 Å². The fourth-order valence-electron chi connectivity index (χ4n) is 0.834. The smallest absolute Gasteiger partial charge is 0.156 e. The molecular formula is C5H5ClN2S. The molecule has 2 heterocycles. The van der Waals surface area contributed by atoms with Gasteiger partial charge >= 0.3 is 0 Å². The maximum absolute atomic E-state index is 5.68. The zero-order chi connectivity index (χ0) is 6.27. The van der Waals surface area contributed by atoms with Crippen LogP contribution in [0.5, 0.6) is 0 Å². The van der Waals surface area contributed by atoms with E-state index in [2.05, 4.69) is 5.32 Å². The first-order valence-electron chi connectivity index (χ1n) is 2.60. The molecule has 0 saturated heterocycles. The van der Waals surface area contributed by atoms with Crippen LogP contribution in [0.25, 0.3) is 0 Å². The van der Waals surface area contributed by atoms with Crippen molar-refractivity contribution < 1.29 is 0 Å². The highest BCUT2D eigenvalue weighted by Crippen LogP contribution is 2.29.